The summed E-state index contributed by atoms with van der Waals surface area (Å²) in [6.45, 7) is 1.77. The number of rotatable bonds is 4. The Morgan fingerprint density at radius 3 is 2.75 bits per heavy atom. The third kappa shape index (κ3) is 2.83. The number of nitrogens with zero attached hydrogens (tertiary/aromatic N) is 1. The molecule has 0 saturated carbocycles. The van der Waals surface area contributed by atoms with Crippen molar-refractivity contribution in [1.82, 2.24) is 0 Å². The number of carbonyl (C=O) groups excluding carboxylic acids is 1. The van der Waals surface area contributed by atoms with Crippen LogP contribution in [0.1, 0.15) is 29.3 Å². The molecule has 0 aromatic heterocycles. The van der Waals surface area contributed by atoms with Crippen molar-refractivity contribution in [2.75, 3.05) is 0 Å². The Morgan fingerprint density at radius 1 is 1.30 bits per heavy atom. The Hall–Kier alpha value is -2.67. The first kappa shape index (κ1) is 13.8. The first-order chi connectivity index (χ1) is 9.65. The summed E-state index contributed by atoms with van der Waals surface area (Å²) >= 11 is 0. The standard InChI is InChI=1S/C16H12FNO2/c1-2-15(19)11-5-3-6-12(9-11)20-16-8-4-7-14(17)13(16)10-18/h3-9H,2H2,1H3. The van der Waals surface area contributed by atoms with E-state index >= 15 is 0 Å². The molecule has 0 radical (unpaired) electrons. The van der Waals surface area contributed by atoms with Crippen molar-refractivity contribution in [2.24, 2.45) is 0 Å². The molecule has 20 heavy (non-hydrogen) atoms. The van der Waals surface area contributed by atoms with Gasteiger partial charge in [0.15, 0.2) is 5.78 Å². The summed E-state index contributed by atoms with van der Waals surface area (Å²) < 4.78 is 19.0. The van der Waals surface area contributed by atoms with Crippen molar-refractivity contribution in [3.05, 3.63) is 59.4 Å². The zero-order valence-electron chi connectivity index (χ0n) is 10.9. The molecule has 0 aliphatic rings. The van der Waals surface area contributed by atoms with Crippen LogP contribution in [-0.4, -0.2) is 5.78 Å². The predicted molar refractivity (Wildman–Crippen MR) is 72.3 cm³/mol. The van der Waals surface area contributed by atoms with Gasteiger partial charge in [-0.15, -0.1) is 0 Å². The van der Waals surface area contributed by atoms with E-state index in [0.717, 1.165) is 0 Å². The number of nitriles is 1. The van der Waals surface area contributed by atoms with Gasteiger partial charge in [-0.25, -0.2) is 4.39 Å². The second kappa shape index (κ2) is 5.98. The molecule has 3 nitrogen and oxygen atoms in total. The Balaban J connectivity index is 2.34. The van der Waals surface area contributed by atoms with Gasteiger partial charge in [-0.05, 0) is 24.3 Å². The van der Waals surface area contributed by atoms with Gasteiger partial charge >= 0.3 is 0 Å². The molecule has 0 fully saturated rings. The SMILES string of the molecule is CCC(=O)c1cccc(Oc2cccc(F)c2C#N)c1. The molecule has 0 aliphatic carbocycles. The van der Waals surface area contributed by atoms with Gasteiger partial charge < -0.3 is 4.74 Å². The van der Waals surface area contributed by atoms with E-state index in [9.17, 15) is 9.18 Å². The monoisotopic (exact) mass is 269 g/mol. The molecule has 0 bridgehead atoms. The molecule has 2 rings (SSSR count). The number of Topliss-reactive ketones (excluding diaryl/α,β-unsaturated/α-hetero) is 1. The third-order valence-corrected chi connectivity index (χ3v) is 2.79. The van der Waals surface area contributed by atoms with Crippen molar-refractivity contribution in [1.29, 1.82) is 5.26 Å². The third-order valence-electron chi connectivity index (χ3n) is 2.79. The maximum Gasteiger partial charge on any atom is 0.162 e. The van der Waals surface area contributed by atoms with Crippen LogP contribution in [0.4, 0.5) is 4.39 Å². The fourth-order valence-corrected chi connectivity index (χ4v) is 1.76. The second-order valence-electron chi connectivity index (χ2n) is 4.13. The maximum absolute atomic E-state index is 13.5. The first-order valence-corrected chi connectivity index (χ1v) is 6.15. The van der Waals surface area contributed by atoms with Gasteiger partial charge in [-0.2, -0.15) is 5.26 Å². The molecule has 0 amide bonds. The molecule has 0 heterocycles. The van der Waals surface area contributed by atoms with E-state index in [1.165, 1.54) is 18.2 Å². The average molecular weight is 269 g/mol. The van der Waals surface area contributed by atoms with Crippen molar-refractivity contribution >= 4 is 5.78 Å². The number of hydrogen-bond donors (Lipinski definition) is 0. The fourth-order valence-electron chi connectivity index (χ4n) is 1.76. The number of ether oxygens (including phenoxy) is 1. The van der Waals surface area contributed by atoms with Crippen LogP contribution in [0.25, 0.3) is 0 Å². The van der Waals surface area contributed by atoms with Crippen LogP contribution < -0.4 is 4.74 Å². The van der Waals surface area contributed by atoms with Gasteiger partial charge in [-0.3, -0.25) is 4.79 Å². The van der Waals surface area contributed by atoms with Crippen LogP contribution in [0.2, 0.25) is 0 Å². The van der Waals surface area contributed by atoms with Crippen LogP contribution in [0.5, 0.6) is 11.5 Å². The molecule has 2 aromatic rings. The Bertz CT molecular complexity index is 689. The molecule has 2 aromatic carbocycles. The largest absolute Gasteiger partial charge is 0.456 e. The van der Waals surface area contributed by atoms with Gasteiger partial charge in [-0.1, -0.05) is 25.1 Å². The number of halogens is 1. The summed E-state index contributed by atoms with van der Waals surface area (Å²) in [4.78, 5) is 11.6. The van der Waals surface area contributed by atoms with Crippen LogP contribution in [0, 0.1) is 17.1 Å². The molecular formula is C16H12FNO2. The topological polar surface area (TPSA) is 50.1 Å². The summed E-state index contributed by atoms with van der Waals surface area (Å²) in [6.07, 6.45) is 0.396. The van der Waals surface area contributed by atoms with Crippen molar-refractivity contribution < 1.29 is 13.9 Å². The quantitative estimate of drug-likeness (QED) is 0.786. The maximum atomic E-state index is 13.5. The number of carbonyl (C=O) groups is 1. The summed E-state index contributed by atoms with van der Waals surface area (Å²) in [7, 11) is 0. The molecule has 0 N–H and O–H groups in total. The van der Waals surface area contributed by atoms with E-state index < -0.39 is 5.82 Å². The number of hydrogen-bond acceptors (Lipinski definition) is 3. The zero-order chi connectivity index (χ0) is 14.5. The lowest BCUT2D eigenvalue weighted by Gasteiger charge is -2.08. The molecule has 0 unspecified atom stereocenters. The Labute approximate surface area is 116 Å². The molecular weight excluding hydrogens is 257 g/mol. The van der Waals surface area contributed by atoms with Crippen molar-refractivity contribution in [2.45, 2.75) is 13.3 Å². The molecule has 0 aliphatic heterocycles. The highest BCUT2D eigenvalue weighted by atomic mass is 19.1. The van der Waals surface area contributed by atoms with E-state index in [1.54, 1.807) is 37.3 Å². The van der Waals surface area contributed by atoms with Gasteiger partial charge in [0, 0.05) is 12.0 Å². The van der Waals surface area contributed by atoms with E-state index in [4.69, 9.17) is 10.00 Å². The van der Waals surface area contributed by atoms with Crippen LogP contribution >= 0.6 is 0 Å². The lowest BCUT2D eigenvalue weighted by atomic mass is 10.1. The van der Waals surface area contributed by atoms with Crippen LogP contribution in [0.3, 0.4) is 0 Å². The first-order valence-electron chi connectivity index (χ1n) is 6.15. The summed E-state index contributed by atoms with van der Waals surface area (Å²) in [5.74, 6) is -0.110. The normalized spacial score (nSPS) is 9.85. The van der Waals surface area contributed by atoms with Gasteiger partial charge in [0.25, 0.3) is 0 Å². The van der Waals surface area contributed by atoms with Gasteiger partial charge in [0.1, 0.15) is 28.9 Å². The fraction of sp³-hybridized carbons (Fsp3) is 0.125. The minimum Gasteiger partial charge on any atom is -0.456 e. The summed E-state index contributed by atoms with van der Waals surface area (Å²) in [6, 6.07) is 12.5. The molecule has 100 valence electrons. The molecule has 0 saturated heterocycles. The molecule has 4 heteroatoms. The summed E-state index contributed by atoms with van der Waals surface area (Å²) in [5.41, 5.74) is 0.375. The second-order valence-corrected chi connectivity index (χ2v) is 4.13. The lowest BCUT2D eigenvalue weighted by Crippen LogP contribution is -1.97. The highest BCUT2D eigenvalue weighted by Gasteiger charge is 2.11. The highest BCUT2D eigenvalue weighted by molar-refractivity contribution is 5.96. The van der Waals surface area contributed by atoms with E-state index in [2.05, 4.69) is 0 Å². The number of benzene rings is 2. The molecule has 0 atom stereocenters. The Kier molecular flexibility index (Phi) is 4.11. The lowest BCUT2D eigenvalue weighted by molar-refractivity contribution is 0.0988. The van der Waals surface area contributed by atoms with E-state index in [0.29, 0.717) is 17.7 Å². The van der Waals surface area contributed by atoms with Crippen molar-refractivity contribution in [3.63, 3.8) is 0 Å². The average Bonchev–Trinajstić information content (AvgIpc) is 2.47. The van der Waals surface area contributed by atoms with Crippen LogP contribution in [-0.2, 0) is 0 Å². The van der Waals surface area contributed by atoms with Crippen LogP contribution in [0.15, 0.2) is 42.5 Å². The van der Waals surface area contributed by atoms with E-state index in [1.807, 2.05) is 0 Å². The van der Waals surface area contributed by atoms with E-state index in [-0.39, 0.29) is 17.1 Å². The van der Waals surface area contributed by atoms with Crippen molar-refractivity contribution in [3.8, 4) is 17.6 Å². The summed E-state index contributed by atoms with van der Waals surface area (Å²) in [5, 5.41) is 8.93. The minimum absolute atomic E-state index is 0.00445. The molecule has 0 spiro atoms. The number of ketones is 1. The smallest absolute Gasteiger partial charge is 0.162 e. The predicted octanol–water partition coefficient (Wildman–Crippen LogP) is 4.08. The van der Waals surface area contributed by atoms with Gasteiger partial charge in [0.2, 0.25) is 0 Å². The highest BCUT2D eigenvalue weighted by Crippen LogP contribution is 2.27. The minimum atomic E-state index is -0.634. The zero-order valence-corrected chi connectivity index (χ0v) is 10.9. The Morgan fingerprint density at radius 2 is 2.05 bits per heavy atom. The van der Waals surface area contributed by atoms with Gasteiger partial charge in [0.05, 0.1) is 0 Å².